The summed E-state index contributed by atoms with van der Waals surface area (Å²) >= 11 is 0. The first kappa shape index (κ1) is 16.9. The number of furan rings is 1. The van der Waals surface area contributed by atoms with Gasteiger partial charge < -0.3 is 13.7 Å². The summed E-state index contributed by atoms with van der Waals surface area (Å²) in [6, 6.07) is 9.65. The first-order valence-electron chi connectivity index (χ1n) is 8.77. The van der Waals surface area contributed by atoms with Crippen LogP contribution in [0.4, 0.5) is 0 Å². The molecule has 3 aromatic heterocycles. The molecule has 0 radical (unpaired) electrons. The largest absolute Gasteiger partial charge is 0.465 e. The van der Waals surface area contributed by atoms with Gasteiger partial charge in [-0.1, -0.05) is 11.2 Å². The number of hydrogen-bond donors (Lipinski definition) is 0. The second kappa shape index (κ2) is 7.01. The van der Waals surface area contributed by atoms with E-state index in [1.807, 2.05) is 37.3 Å². The Labute approximate surface area is 152 Å². The Morgan fingerprint density at radius 1 is 1.19 bits per heavy atom. The molecular weight excluding hydrogens is 332 g/mol. The molecule has 0 unspecified atom stereocenters. The number of ether oxygens (including phenoxy) is 1. The van der Waals surface area contributed by atoms with Gasteiger partial charge in [-0.25, -0.2) is 0 Å². The van der Waals surface area contributed by atoms with Gasteiger partial charge >= 0.3 is 0 Å². The van der Waals surface area contributed by atoms with Gasteiger partial charge in [0.25, 0.3) is 5.89 Å². The SMILES string of the molecule is COC1(c2nc(-c3ccccn3)no2)CCN(Cc2ccc(C)o2)CC1. The maximum Gasteiger partial charge on any atom is 0.259 e. The molecule has 1 saturated heterocycles. The van der Waals surface area contributed by atoms with Crippen molar-refractivity contribution in [2.45, 2.75) is 31.9 Å². The standard InChI is InChI=1S/C19H22N4O3/c1-14-6-7-15(25-14)13-23-11-8-19(24-2,9-12-23)18-21-17(22-26-18)16-5-3-4-10-20-16/h3-7,10H,8-9,11-13H2,1-2H3. The molecule has 0 aliphatic carbocycles. The normalized spacial score (nSPS) is 17.5. The lowest BCUT2D eigenvalue weighted by atomic mass is 9.91. The van der Waals surface area contributed by atoms with Crippen molar-refractivity contribution in [1.29, 1.82) is 0 Å². The molecule has 26 heavy (non-hydrogen) atoms. The number of pyridine rings is 1. The predicted octanol–water partition coefficient (Wildman–Crippen LogP) is 3.17. The van der Waals surface area contributed by atoms with E-state index in [0.717, 1.165) is 44.0 Å². The van der Waals surface area contributed by atoms with E-state index >= 15 is 0 Å². The number of rotatable bonds is 5. The van der Waals surface area contributed by atoms with Gasteiger partial charge in [-0.15, -0.1) is 0 Å². The smallest absolute Gasteiger partial charge is 0.259 e. The molecule has 1 aliphatic rings. The number of likely N-dealkylation sites (tertiary alicyclic amines) is 1. The molecule has 1 fully saturated rings. The van der Waals surface area contributed by atoms with Crippen molar-refractivity contribution in [3.63, 3.8) is 0 Å². The number of aryl methyl sites for hydroxylation is 1. The molecule has 0 aromatic carbocycles. The third kappa shape index (κ3) is 3.27. The van der Waals surface area contributed by atoms with Crippen LogP contribution in [0.15, 0.2) is 45.5 Å². The summed E-state index contributed by atoms with van der Waals surface area (Å²) < 4.78 is 17.1. The van der Waals surface area contributed by atoms with E-state index in [4.69, 9.17) is 13.7 Å². The average molecular weight is 354 g/mol. The third-order valence-corrected chi connectivity index (χ3v) is 4.94. The lowest BCUT2D eigenvalue weighted by Gasteiger charge is -2.37. The Kier molecular flexibility index (Phi) is 4.57. The van der Waals surface area contributed by atoms with Gasteiger partial charge in [0.15, 0.2) is 0 Å². The monoisotopic (exact) mass is 354 g/mol. The van der Waals surface area contributed by atoms with Gasteiger partial charge in [0.1, 0.15) is 22.8 Å². The molecule has 4 rings (SSSR count). The van der Waals surface area contributed by atoms with Crippen molar-refractivity contribution in [1.82, 2.24) is 20.0 Å². The minimum Gasteiger partial charge on any atom is -0.465 e. The van der Waals surface area contributed by atoms with Gasteiger partial charge in [-0.05, 0) is 44.0 Å². The van der Waals surface area contributed by atoms with Crippen LogP contribution in [0.3, 0.4) is 0 Å². The zero-order valence-corrected chi connectivity index (χ0v) is 15.0. The molecule has 0 bridgehead atoms. The first-order valence-corrected chi connectivity index (χ1v) is 8.77. The average Bonchev–Trinajstić information content (AvgIpc) is 3.33. The van der Waals surface area contributed by atoms with Crippen LogP contribution in [0.2, 0.25) is 0 Å². The summed E-state index contributed by atoms with van der Waals surface area (Å²) in [5, 5.41) is 4.09. The fraction of sp³-hybridized carbons (Fsp3) is 0.421. The number of aromatic nitrogens is 3. The fourth-order valence-corrected chi connectivity index (χ4v) is 3.38. The highest BCUT2D eigenvalue weighted by Crippen LogP contribution is 2.36. The molecule has 0 atom stereocenters. The lowest BCUT2D eigenvalue weighted by molar-refractivity contribution is -0.0844. The van der Waals surface area contributed by atoms with E-state index in [-0.39, 0.29) is 0 Å². The second-order valence-corrected chi connectivity index (χ2v) is 6.63. The Morgan fingerprint density at radius 2 is 2.04 bits per heavy atom. The number of hydrogen-bond acceptors (Lipinski definition) is 7. The lowest BCUT2D eigenvalue weighted by Crippen LogP contribution is -2.43. The van der Waals surface area contributed by atoms with Crippen molar-refractivity contribution in [2.75, 3.05) is 20.2 Å². The Morgan fingerprint density at radius 3 is 2.69 bits per heavy atom. The van der Waals surface area contributed by atoms with Crippen molar-refractivity contribution >= 4 is 0 Å². The summed E-state index contributed by atoms with van der Waals surface area (Å²) in [6.07, 6.45) is 3.28. The second-order valence-electron chi connectivity index (χ2n) is 6.63. The van der Waals surface area contributed by atoms with Crippen molar-refractivity contribution in [3.8, 4) is 11.5 Å². The van der Waals surface area contributed by atoms with Crippen LogP contribution < -0.4 is 0 Å². The number of nitrogens with zero attached hydrogens (tertiary/aromatic N) is 4. The van der Waals surface area contributed by atoms with Crippen molar-refractivity contribution < 1.29 is 13.7 Å². The van der Waals surface area contributed by atoms with Crippen molar-refractivity contribution in [2.24, 2.45) is 0 Å². The van der Waals surface area contributed by atoms with Crippen molar-refractivity contribution in [3.05, 3.63) is 53.9 Å². The summed E-state index contributed by atoms with van der Waals surface area (Å²) in [7, 11) is 1.70. The highest BCUT2D eigenvalue weighted by Gasteiger charge is 2.41. The molecule has 1 aliphatic heterocycles. The van der Waals surface area contributed by atoms with Crippen LogP contribution >= 0.6 is 0 Å². The van der Waals surface area contributed by atoms with E-state index in [2.05, 4.69) is 20.0 Å². The minimum atomic E-state index is -0.546. The Bertz CT molecular complexity index is 851. The van der Waals surface area contributed by atoms with Gasteiger partial charge in [0.2, 0.25) is 5.82 Å². The van der Waals surface area contributed by atoms with Crippen LogP contribution in [0.1, 0.15) is 30.3 Å². The van der Waals surface area contributed by atoms with Crippen LogP contribution in [0, 0.1) is 6.92 Å². The minimum absolute atomic E-state index is 0.491. The van der Waals surface area contributed by atoms with E-state index < -0.39 is 5.60 Å². The summed E-state index contributed by atoms with van der Waals surface area (Å²) in [6.45, 7) is 4.50. The molecule has 0 saturated carbocycles. The zero-order valence-electron chi connectivity index (χ0n) is 15.0. The van der Waals surface area contributed by atoms with E-state index in [0.29, 0.717) is 17.4 Å². The topological polar surface area (TPSA) is 77.4 Å². The molecule has 7 nitrogen and oxygen atoms in total. The first-order chi connectivity index (χ1) is 12.7. The van der Waals surface area contributed by atoms with Crippen LogP contribution in [0.25, 0.3) is 11.5 Å². The van der Waals surface area contributed by atoms with Gasteiger partial charge in [-0.3, -0.25) is 9.88 Å². The molecule has 0 amide bonds. The predicted molar refractivity (Wildman–Crippen MR) is 94.2 cm³/mol. The van der Waals surface area contributed by atoms with E-state index in [9.17, 15) is 0 Å². The van der Waals surface area contributed by atoms with Gasteiger partial charge in [0, 0.05) is 26.4 Å². The highest BCUT2D eigenvalue weighted by molar-refractivity contribution is 5.47. The fourth-order valence-electron chi connectivity index (χ4n) is 3.38. The van der Waals surface area contributed by atoms with E-state index in [1.165, 1.54) is 0 Å². The van der Waals surface area contributed by atoms with E-state index in [1.54, 1.807) is 13.3 Å². The van der Waals surface area contributed by atoms with Crippen LogP contribution in [-0.4, -0.2) is 40.2 Å². The van der Waals surface area contributed by atoms with Gasteiger partial charge in [0.05, 0.1) is 6.54 Å². The Hall–Kier alpha value is -2.51. The van der Waals surface area contributed by atoms with Crippen LogP contribution in [-0.2, 0) is 16.9 Å². The molecular formula is C19H22N4O3. The molecule has 7 heteroatoms. The molecule has 3 aromatic rings. The third-order valence-electron chi connectivity index (χ3n) is 4.94. The number of methoxy groups -OCH3 is 1. The molecule has 4 heterocycles. The molecule has 0 N–H and O–H groups in total. The highest BCUT2D eigenvalue weighted by atomic mass is 16.5. The molecule has 136 valence electrons. The maximum atomic E-state index is 5.85. The van der Waals surface area contributed by atoms with Crippen LogP contribution in [0.5, 0.6) is 0 Å². The number of piperidine rings is 1. The quantitative estimate of drug-likeness (QED) is 0.696. The zero-order chi connectivity index (χ0) is 18.0. The Balaban J connectivity index is 1.46. The maximum absolute atomic E-state index is 5.85. The van der Waals surface area contributed by atoms with Gasteiger partial charge in [-0.2, -0.15) is 4.98 Å². The summed E-state index contributed by atoms with van der Waals surface area (Å²) in [4.78, 5) is 11.2. The molecule has 0 spiro atoms. The summed E-state index contributed by atoms with van der Waals surface area (Å²) in [5.41, 5.74) is 0.148. The summed E-state index contributed by atoms with van der Waals surface area (Å²) in [5.74, 6) is 2.94.